The molecule has 2 heterocycles. The van der Waals surface area contributed by atoms with E-state index >= 15 is 0 Å². The van der Waals surface area contributed by atoms with Gasteiger partial charge in [0.15, 0.2) is 5.60 Å². The molecule has 1 unspecified atom stereocenters. The van der Waals surface area contributed by atoms with Crippen LogP contribution in [0.3, 0.4) is 0 Å². The Hall–Kier alpha value is -4.80. The van der Waals surface area contributed by atoms with Crippen LogP contribution in [0.15, 0.2) is 91.1 Å². The van der Waals surface area contributed by atoms with Gasteiger partial charge in [0.1, 0.15) is 0 Å². The molecule has 0 fully saturated rings. The van der Waals surface area contributed by atoms with Gasteiger partial charge in [0.05, 0.1) is 18.2 Å². The maximum atomic E-state index is 12.9. The number of aliphatic hydroxyl groups is 2. The average molecular weight is 553 g/mol. The van der Waals surface area contributed by atoms with E-state index in [0.717, 1.165) is 5.56 Å². The maximum Gasteiger partial charge on any atom is 0.261 e. The minimum Gasteiger partial charge on any atom is -0.399 e. The van der Waals surface area contributed by atoms with Crippen molar-refractivity contribution in [2.45, 2.75) is 31.4 Å². The number of rotatable bonds is 10. The van der Waals surface area contributed by atoms with Crippen LogP contribution in [0.25, 0.3) is 0 Å². The summed E-state index contributed by atoms with van der Waals surface area (Å²) in [5.41, 5.74) is 7.88. The van der Waals surface area contributed by atoms with Crippen LogP contribution in [0.5, 0.6) is 0 Å². The van der Waals surface area contributed by atoms with E-state index in [1.807, 2.05) is 42.6 Å². The Morgan fingerprint density at radius 3 is 2.63 bits per heavy atom. The molecule has 0 bridgehead atoms. The number of aromatic nitrogens is 3. The molecule has 1 aliphatic rings. The molecule has 3 atom stereocenters. The molecule has 3 aromatic carbocycles. The lowest BCUT2D eigenvalue weighted by Gasteiger charge is -2.26. The molecule has 0 aliphatic carbocycles. The van der Waals surface area contributed by atoms with E-state index in [0.29, 0.717) is 46.8 Å². The van der Waals surface area contributed by atoms with Crippen molar-refractivity contribution in [2.24, 2.45) is 5.92 Å². The number of amides is 2. The highest BCUT2D eigenvalue weighted by Crippen LogP contribution is 2.43. The van der Waals surface area contributed by atoms with Crippen LogP contribution < -0.4 is 16.4 Å². The van der Waals surface area contributed by atoms with Gasteiger partial charge < -0.3 is 26.6 Å². The average Bonchev–Trinajstić information content (AvgIpc) is 3.54. The summed E-state index contributed by atoms with van der Waals surface area (Å²) in [7, 11) is 0. The molecule has 10 nitrogen and oxygen atoms in total. The van der Waals surface area contributed by atoms with Gasteiger partial charge in [-0.3, -0.25) is 14.3 Å². The summed E-state index contributed by atoms with van der Waals surface area (Å²) in [5, 5.41) is 35.4. The predicted octanol–water partition coefficient (Wildman–Crippen LogP) is 3.66. The molecule has 6 N–H and O–H groups in total. The second-order valence-electron chi connectivity index (χ2n) is 10.1. The Balaban J connectivity index is 1.24. The van der Waals surface area contributed by atoms with E-state index in [-0.39, 0.29) is 18.4 Å². The highest BCUT2D eigenvalue weighted by Gasteiger charge is 2.48. The fraction of sp³-hybridized carbons (Fsp3) is 0.226. The number of carbonyl (C=O) groups excluding carboxylic acids is 2. The summed E-state index contributed by atoms with van der Waals surface area (Å²) < 4.78 is 1.71. The number of nitrogens with two attached hydrogens (primary N) is 1. The molecule has 210 valence electrons. The van der Waals surface area contributed by atoms with E-state index in [9.17, 15) is 19.8 Å². The molecule has 4 aromatic rings. The number of hydrogen-bond acceptors (Lipinski definition) is 7. The van der Waals surface area contributed by atoms with Crippen LogP contribution >= 0.6 is 0 Å². The molecular formula is C31H32N6O4. The van der Waals surface area contributed by atoms with Crippen molar-refractivity contribution in [3.63, 3.8) is 0 Å². The van der Waals surface area contributed by atoms with Gasteiger partial charge in [0.25, 0.3) is 11.8 Å². The van der Waals surface area contributed by atoms with Crippen molar-refractivity contribution in [3.8, 4) is 0 Å². The van der Waals surface area contributed by atoms with Crippen molar-refractivity contribution >= 4 is 28.9 Å². The predicted molar refractivity (Wildman–Crippen MR) is 156 cm³/mol. The second kappa shape index (κ2) is 11.7. The minimum absolute atomic E-state index is 0.0744. The summed E-state index contributed by atoms with van der Waals surface area (Å²) in [5.74, 6) is -1.67. The Kier molecular flexibility index (Phi) is 7.95. The molecule has 5 rings (SSSR count). The van der Waals surface area contributed by atoms with Crippen LogP contribution in [-0.4, -0.2) is 43.6 Å². The zero-order chi connectivity index (χ0) is 29.0. The number of nitrogen functional groups attached to an aromatic ring is 1. The summed E-state index contributed by atoms with van der Waals surface area (Å²) in [6.07, 6.45) is 6.10. The van der Waals surface area contributed by atoms with E-state index < -0.39 is 17.4 Å². The molecule has 1 aromatic heterocycles. The monoisotopic (exact) mass is 552 g/mol. The number of aliphatic hydroxyl groups excluding tert-OH is 1. The molecule has 1 aliphatic heterocycles. The number of nitrogens with zero attached hydrogens (tertiary/aromatic N) is 3. The van der Waals surface area contributed by atoms with Crippen molar-refractivity contribution in [3.05, 3.63) is 114 Å². The number of hydrogen-bond donors (Lipinski definition) is 5. The highest BCUT2D eigenvalue weighted by molar-refractivity contribution is 6.07. The number of benzene rings is 3. The number of aryl methyl sites for hydroxylation is 1. The zero-order valence-corrected chi connectivity index (χ0v) is 22.6. The quantitative estimate of drug-likeness (QED) is 0.149. The first-order valence-corrected chi connectivity index (χ1v) is 13.4. The molecule has 0 saturated heterocycles. The summed E-state index contributed by atoms with van der Waals surface area (Å²) >= 11 is 0. The Morgan fingerprint density at radius 1 is 1.15 bits per heavy atom. The van der Waals surface area contributed by atoms with Gasteiger partial charge in [-0.1, -0.05) is 54.6 Å². The third-order valence-electron chi connectivity index (χ3n) is 7.36. The fourth-order valence-electron chi connectivity index (χ4n) is 4.96. The van der Waals surface area contributed by atoms with Crippen molar-refractivity contribution in [1.29, 1.82) is 0 Å². The molecule has 2 amide bonds. The Morgan fingerprint density at radius 2 is 1.90 bits per heavy atom. The van der Waals surface area contributed by atoms with Crippen LogP contribution in [-0.2, 0) is 16.9 Å². The van der Waals surface area contributed by atoms with Crippen LogP contribution in [0.4, 0.5) is 17.1 Å². The number of allylic oxidation sites excluding steroid dienone is 1. The van der Waals surface area contributed by atoms with E-state index in [4.69, 9.17) is 5.73 Å². The first kappa shape index (κ1) is 27.8. The normalized spacial score (nSPS) is 17.7. The number of nitrogens with one attached hydrogen (secondary N) is 2. The fourth-order valence-corrected chi connectivity index (χ4v) is 4.96. The Bertz CT molecular complexity index is 1570. The molecule has 0 saturated carbocycles. The number of anilines is 3. The second-order valence-corrected chi connectivity index (χ2v) is 10.1. The first-order chi connectivity index (χ1) is 19.8. The third kappa shape index (κ3) is 5.74. The number of fused-ring (bicyclic) bond motifs is 1. The van der Waals surface area contributed by atoms with Gasteiger partial charge in [-0.15, -0.1) is 5.10 Å². The van der Waals surface area contributed by atoms with E-state index in [2.05, 4.69) is 20.9 Å². The standard InChI is InChI=1S/C31H32N6O4/c1-20(7-5-6-16-37-18-28(35-36-37)25(19-38)21-8-3-2-4-9-21)31(41)26-17-24(14-15-27(26)34-30(31)40)33-29(39)22-10-12-23(32)13-11-22/h2-5,7-15,17-18,20,25,38,41H,6,16,19,32H2,1H3,(H,33,39)(H,34,40)/b7-5+/t20-,25?,31+/m0/s1. The SMILES string of the molecule is C[C@@H](/C=C/CCn1cc(C(CO)c2ccccc2)nn1)[C@]1(O)C(=O)Nc2ccc(NC(=O)c3ccc(N)cc3)cc21. The highest BCUT2D eigenvalue weighted by atomic mass is 16.3. The minimum atomic E-state index is -1.81. The van der Waals surface area contributed by atoms with Gasteiger partial charge in [-0.2, -0.15) is 0 Å². The van der Waals surface area contributed by atoms with Crippen molar-refractivity contribution < 1.29 is 19.8 Å². The van der Waals surface area contributed by atoms with E-state index in [1.54, 1.807) is 60.1 Å². The Labute approximate surface area is 237 Å². The van der Waals surface area contributed by atoms with Crippen molar-refractivity contribution in [2.75, 3.05) is 23.0 Å². The van der Waals surface area contributed by atoms with Gasteiger partial charge in [0.2, 0.25) is 0 Å². The largest absolute Gasteiger partial charge is 0.399 e. The summed E-state index contributed by atoms with van der Waals surface area (Å²) in [6, 6.07) is 21.2. The van der Waals surface area contributed by atoms with E-state index in [1.165, 1.54) is 0 Å². The first-order valence-electron chi connectivity index (χ1n) is 13.4. The lowest BCUT2D eigenvalue weighted by molar-refractivity contribution is -0.137. The van der Waals surface area contributed by atoms with Gasteiger partial charge >= 0.3 is 0 Å². The van der Waals surface area contributed by atoms with Crippen molar-refractivity contribution in [1.82, 2.24) is 15.0 Å². The van der Waals surface area contributed by atoms with Gasteiger partial charge in [-0.05, 0) is 54.4 Å². The van der Waals surface area contributed by atoms with Crippen LogP contribution in [0.2, 0.25) is 0 Å². The molecular weight excluding hydrogens is 520 g/mol. The molecule has 10 heteroatoms. The zero-order valence-electron chi connectivity index (χ0n) is 22.6. The van der Waals surface area contributed by atoms with Crippen LogP contribution in [0, 0.1) is 5.92 Å². The lowest BCUT2D eigenvalue weighted by atomic mass is 9.82. The maximum absolute atomic E-state index is 12.9. The summed E-state index contributed by atoms with van der Waals surface area (Å²) in [6.45, 7) is 2.23. The topological polar surface area (TPSA) is 155 Å². The van der Waals surface area contributed by atoms with Crippen LogP contribution in [0.1, 0.15) is 46.4 Å². The lowest BCUT2D eigenvalue weighted by Crippen LogP contribution is -2.39. The molecule has 0 spiro atoms. The number of carbonyl (C=O) groups is 2. The smallest absolute Gasteiger partial charge is 0.261 e. The van der Waals surface area contributed by atoms with Gasteiger partial charge in [0, 0.05) is 46.8 Å². The molecule has 0 radical (unpaired) electrons. The van der Waals surface area contributed by atoms with Gasteiger partial charge in [-0.25, -0.2) is 0 Å². The third-order valence-corrected chi connectivity index (χ3v) is 7.36. The summed E-state index contributed by atoms with van der Waals surface area (Å²) in [4.78, 5) is 25.6. The molecule has 41 heavy (non-hydrogen) atoms.